The van der Waals surface area contributed by atoms with Crippen LogP contribution >= 0.6 is 0 Å². The smallest absolute Gasteiger partial charge is 0.471 e. The van der Waals surface area contributed by atoms with Gasteiger partial charge in [-0.05, 0) is 38.1 Å². The van der Waals surface area contributed by atoms with E-state index in [1.54, 1.807) is 24.5 Å². The molecule has 1 aromatic heterocycles. The number of fused-ring (bicyclic) bond motifs is 1. The molecule has 0 bridgehead atoms. The molecule has 1 fully saturated rings. The monoisotopic (exact) mass is 436 g/mol. The first-order valence-electron chi connectivity index (χ1n) is 9.89. The molecule has 1 aliphatic rings. The van der Waals surface area contributed by atoms with Gasteiger partial charge in [-0.3, -0.25) is 14.0 Å². The second-order valence-corrected chi connectivity index (χ2v) is 7.10. The predicted octanol–water partition coefficient (Wildman–Crippen LogP) is 0.131. The van der Waals surface area contributed by atoms with Gasteiger partial charge in [0.25, 0.3) is 5.97 Å². The molecule has 3 rings (SSSR count). The minimum Gasteiger partial charge on any atom is -0.471 e. The van der Waals surface area contributed by atoms with Crippen LogP contribution in [0.1, 0.15) is 49.0 Å². The molecule has 31 heavy (non-hydrogen) atoms. The molecule has 0 spiro atoms. The molecule has 1 saturated carbocycles. The molecular formula is C22H22FN2NaO5. The van der Waals surface area contributed by atoms with Gasteiger partial charge < -0.3 is 14.0 Å². The fourth-order valence-corrected chi connectivity index (χ4v) is 3.48. The van der Waals surface area contributed by atoms with E-state index < -0.39 is 29.1 Å². The second-order valence-electron chi connectivity index (χ2n) is 7.10. The van der Waals surface area contributed by atoms with Gasteiger partial charge in [-0.15, -0.1) is 11.6 Å². The quantitative estimate of drug-likeness (QED) is 0.348. The van der Waals surface area contributed by atoms with Gasteiger partial charge in [0, 0.05) is 35.9 Å². The maximum atomic E-state index is 14.8. The molecule has 1 heterocycles. The molecule has 158 valence electrons. The Labute approximate surface area is 201 Å². The first kappa shape index (κ1) is 24.9. The average molecular weight is 436 g/mol. The molecule has 0 radical (unpaired) electrons. The maximum Gasteiger partial charge on any atom is 1.00 e. The van der Waals surface area contributed by atoms with Crippen molar-refractivity contribution in [3.63, 3.8) is 0 Å². The summed E-state index contributed by atoms with van der Waals surface area (Å²) in [6.45, 7) is 3.87. The first-order chi connectivity index (χ1) is 14.4. The Morgan fingerprint density at radius 2 is 1.94 bits per heavy atom. The van der Waals surface area contributed by atoms with Crippen molar-refractivity contribution in [2.24, 2.45) is 5.92 Å². The number of ether oxygens (including phenoxy) is 2. The van der Waals surface area contributed by atoms with E-state index in [1.807, 2.05) is 0 Å². The number of rotatable bonds is 7. The number of halogens is 1. The van der Waals surface area contributed by atoms with Crippen LogP contribution in [-0.2, 0) is 20.8 Å². The number of carbonyl (C=O) groups is 2. The number of benzene rings is 1. The van der Waals surface area contributed by atoms with E-state index in [4.69, 9.17) is 9.47 Å². The van der Waals surface area contributed by atoms with Crippen LogP contribution in [0.25, 0.3) is 10.9 Å². The molecule has 0 amide bonds. The molecule has 0 N–H and O–H groups in total. The SMILES string of the molecule is CCOC(=O)c1cn(CC2CCC2)c2cc([C-](C#N)C(=O)OCC)c(F)cc2c1=O.[Na+]. The standard InChI is InChI=1S/C22H22FN2O5.Na/c1-3-29-21(27)16(10-24)14-9-19-15(8-18(14)23)20(26)17(22(28)30-4-2)12-25(19)11-13-6-5-7-13;/h8-9,12-13H,3-7,11H2,1-2H3;/q-1;+1. The van der Waals surface area contributed by atoms with Gasteiger partial charge in [0.15, 0.2) is 0 Å². The summed E-state index contributed by atoms with van der Waals surface area (Å²) in [6, 6.07) is 3.96. The van der Waals surface area contributed by atoms with E-state index >= 15 is 0 Å². The summed E-state index contributed by atoms with van der Waals surface area (Å²) >= 11 is 0. The normalized spacial score (nSPS) is 13.0. The van der Waals surface area contributed by atoms with Gasteiger partial charge >= 0.3 is 35.5 Å². The Hall–Kier alpha value is -2.34. The molecular weight excluding hydrogens is 414 g/mol. The van der Waals surface area contributed by atoms with Crippen molar-refractivity contribution in [1.29, 1.82) is 5.26 Å². The van der Waals surface area contributed by atoms with Gasteiger partial charge in [-0.2, -0.15) is 0 Å². The molecule has 1 aliphatic carbocycles. The number of esters is 2. The van der Waals surface area contributed by atoms with Crippen LogP contribution in [0.5, 0.6) is 0 Å². The maximum absolute atomic E-state index is 14.8. The van der Waals surface area contributed by atoms with Crippen LogP contribution in [0.2, 0.25) is 0 Å². The summed E-state index contributed by atoms with van der Waals surface area (Å²) in [5, 5.41) is 9.37. The Morgan fingerprint density at radius 1 is 1.26 bits per heavy atom. The zero-order chi connectivity index (χ0) is 21.8. The van der Waals surface area contributed by atoms with Crippen molar-refractivity contribution in [2.75, 3.05) is 13.2 Å². The van der Waals surface area contributed by atoms with Gasteiger partial charge in [0.05, 0.1) is 13.2 Å². The number of carbonyl (C=O) groups excluding carboxylic acids is 2. The van der Waals surface area contributed by atoms with Crippen LogP contribution in [0.3, 0.4) is 0 Å². The van der Waals surface area contributed by atoms with Crippen LogP contribution < -0.4 is 35.0 Å². The summed E-state index contributed by atoms with van der Waals surface area (Å²) in [6.07, 6.45) is 4.53. The second kappa shape index (κ2) is 10.8. The van der Waals surface area contributed by atoms with E-state index in [-0.39, 0.29) is 59.3 Å². The summed E-state index contributed by atoms with van der Waals surface area (Å²) in [7, 11) is 0. The fraction of sp³-hybridized carbons (Fsp3) is 0.409. The van der Waals surface area contributed by atoms with E-state index in [9.17, 15) is 24.0 Å². The minimum atomic E-state index is -0.936. The van der Waals surface area contributed by atoms with Crippen molar-refractivity contribution in [3.8, 4) is 6.07 Å². The van der Waals surface area contributed by atoms with Crippen molar-refractivity contribution in [1.82, 2.24) is 4.57 Å². The number of nitriles is 1. The largest absolute Gasteiger partial charge is 1.00 e. The van der Waals surface area contributed by atoms with Crippen molar-refractivity contribution < 1.29 is 53.0 Å². The Morgan fingerprint density at radius 3 is 2.48 bits per heavy atom. The van der Waals surface area contributed by atoms with E-state index in [1.165, 1.54) is 12.3 Å². The number of aromatic nitrogens is 1. The topological polar surface area (TPSA) is 98.4 Å². The van der Waals surface area contributed by atoms with Crippen LogP contribution in [0, 0.1) is 29.0 Å². The van der Waals surface area contributed by atoms with Crippen molar-refractivity contribution in [2.45, 2.75) is 39.7 Å². The zero-order valence-corrected chi connectivity index (χ0v) is 19.9. The number of hydrogen-bond donors (Lipinski definition) is 0. The summed E-state index contributed by atoms with van der Waals surface area (Å²) in [5.74, 6) is -2.74. The van der Waals surface area contributed by atoms with E-state index in [0.29, 0.717) is 18.0 Å². The molecule has 2 aromatic rings. The Balaban J connectivity index is 0.00000341. The molecule has 9 heteroatoms. The van der Waals surface area contributed by atoms with Crippen LogP contribution in [0.4, 0.5) is 4.39 Å². The van der Waals surface area contributed by atoms with Crippen LogP contribution in [0.15, 0.2) is 23.1 Å². The van der Waals surface area contributed by atoms with Gasteiger partial charge in [-0.25, -0.2) is 10.1 Å². The van der Waals surface area contributed by atoms with Gasteiger partial charge in [0.1, 0.15) is 5.56 Å². The summed E-state index contributed by atoms with van der Waals surface area (Å²) in [4.78, 5) is 37.2. The van der Waals surface area contributed by atoms with Gasteiger partial charge in [0.2, 0.25) is 5.43 Å². The Kier molecular flexibility index (Phi) is 8.69. The van der Waals surface area contributed by atoms with E-state index in [0.717, 1.165) is 25.3 Å². The summed E-state index contributed by atoms with van der Waals surface area (Å²) < 4.78 is 26.4. The van der Waals surface area contributed by atoms with Gasteiger partial charge in [-0.1, -0.05) is 12.5 Å². The molecule has 1 aromatic carbocycles. The molecule has 0 unspecified atom stereocenters. The molecule has 7 nitrogen and oxygen atoms in total. The zero-order valence-electron chi connectivity index (χ0n) is 17.9. The van der Waals surface area contributed by atoms with Crippen LogP contribution in [-0.4, -0.2) is 29.7 Å². The number of nitrogens with zero attached hydrogens (tertiary/aromatic N) is 2. The fourth-order valence-electron chi connectivity index (χ4n) is 3.48. The molecule has 0 atom stereocenters. The number of pyridine rings is 1. The van der Waals surface area contributed by atoms with Crippen molar-refractivity contribution >= 4 is 22.8 Å². The van der Waals surface area contributed by atoms with Crippen molar-refractivity contribution in [3.05, 3.63) is 51.4 Å². The number of hydrogen-bond acceptors (Lipinski definition) is 6. The minimum absolute atomic E-state index is 0. The average Bonchev–Trinajstić information content (AvgIpc) is 2.68. The summed E-state index contributed by atoms with van der Waals surface area (Å²) in [5.41, 5.74) is -0.735. The third-order valence-corrected chi connectivity index (χ3v) is 5.20. The molecule has 0 saturated heterocycles. The third-order valence-electron chi connectivity index (χ3n) is 5.20. The molecule has 0 aliphatic heterocycles. The Bertz CT molecular complexity index is 1090. The first-order valence-corrected chi connectivity index (χ1v) is 9.89. The predicted molar refractivity (Wildman–Crippen MR) is 106 cm³/mol. The third kappa shape index (κ3) is 5.12. The van der Waals surface area contributed by atoms with E-state index in [2.05, 4.69) is 0 Å².